The summed E-state index contributed by atoms with van der Waals surface area (Å²) < 4.78 is 18.7. The fraction of sp³-hybridized carbons (Fsp3) is 0.538. The van der Waals surface area contributed by atoms with E-state index in [9.17, 15) is 4.39 Å². The fourth-order valence-corrected chi connectivity index (χ4v) is 1.79. The van der Waals surface area contributed by atoms with Crippen LogP contribution in [0.25, 0.3) is 0 Å². The minimum absolute atomic E-state index is 0.226. The first-order valence-corrected chi connectivity index (χ1v) is 5.71. The smallest absolute Gasteiger partial charge is 0.168 e. The maximum Gasteiger partial charge on any atom is 0.168 e. The Kier molecular flexibility index (Phi) is 5.26. The SMILES string of the molecule is CCC(CCc1cccc(OC)c1F)NC. The van der Waals surface area contributed by atoms with E-state index in [4.69, 9.17) is 4.74 Å². The number of aryl methyl sites for hydroxylation is 1. The van der Waals surface area contributed by atoms with E-state index in [0.29, 0.717) is 11.8 Å². The van der Waals surface area contributed by atoms with E-state index in [1.807, 2.05) is 19.2 Å². The highest BCUT2D eigenvalue weighted by Gasteiger charge is 2.10. The van der Waals surface area contributed by atoms with Gasteiger partial charge in [-0.2, -0.15) is 0 Å². The van der Waals surface area contributed by atoms with E-state index in [1.54, 1.807) is 6.07 Å². The Bertz CT molecular complexity index is 324. The van der Waals surface area contributed by atoms with Gasteiger partial charge >= 0.3 is 0 Å². The summed E-state index contributed by atoms with van der Waals surface area (Å²) >= 11 is 0. The van der Waals surface area contributed by atoms with Crippen LogP contribution < -0.4 is 10.1 Å². The van der Waals surface area contributed by atoms with Crippen molar-refractivity contribution in [2.24, 2.45) is 0 Å². The average molecular weight is 225 g/mol. The van der Waals surface area contributed by atoms with Crippen molar-refractivity contribution in [1.82, 2.24) is 5.32 Å². The van der Waals surface area contributed by atoms with Crippen molar-refractivity contribution < 1.29 is 9.13 Å². The molecular formula is C13H20FNO. The number of ether oxygens (including phenoxy) is 1. The van der Waals surface area contributed by atoms with Crippen molar-refractivity contribution >= 4 is 0 Å². The first-order valence-electron chi connectivity index (χ1n) is 5.71. The Labute approximate surface area is 96.8 Å². The van der Waals surface area contributed by atoms with Gasteiger partial charge in [0.05, 0.1) is 7.11 Å². The normalized spacial score (nSPS) is 12.5. The molecule has 0 fully saturated rings. The Hall–Kier alpha value is -1.09. The van der Waals surface area contributed by atoms with Crippen LogP contribution in [0.1, 0.15) is 25.3 Å². The molecule has 1 N–H and O–H groups in total. The molecule has 90 valence electrons. The highest BCUT2D eigenvalue weighted by molar-refractivity contribution is 5.31. The van der Waals surface area contributed by atoms with Crippen molar-refractivity contribution in [2.45, 2.75) is 32.2 Å². The third-order valence-electron chi connectivity index (χ3n) is 2.93. The average Bonchev–Trinajstić information content (AvgIpc) is 2.32. The Morgan fingerprint density at radius 1 is 1.44 bits per heavy atom. The molecule has 0 bridgehead atoms. The third-order valence-corrected chi connectivity index (χ3v) is 2.93. The molecule has 1 aromatic carbocycles. The van der Waals surface area contributed by atoms with Gasteiger partial charge in [-0.3, -0.25) is 0 Å². The highest BCUT2D eigenvalue weighted by Crippen LogP contribution is 2.21. The lowest BCUT2D eigenvalue weighted by Gasteiger charge is -2.14. The topological polar surface area (TPSA) is 21.3 Å². The number of methoxy groups -OCH3 is 1. The lowest BCUT2D eigenvalue weighted by atomic mass is 10.0. The van der Waals surface area contributed by atoms with Gasteiger partial charge in [-0.25, -0.2) is 4.39 Å². The van der Waals surface area contributed by atoms with Gasteiger partial charge in [-0.05, 0) is 37.9 Å². The zero-order chi connectivity index (χ0) is 12.0. The lowest BCUT2D eigenvalue weighted by molar-refractivity contribution is 0.383. The van der Waals surface area contributed by atoms with Gasteiger partial charge in [0, 0.05) is 6.04 Å². The van der Waals surface area contributed by atoms with Gasteiger partial charge in [0.15, 0.2) is 11.6 Å². The van der Waals surface area contributed by atoms with Gasteiger partial charge in [-0.15, -0.1) is 0 Å². The molecule has 0 amide bonds. The Morgan fingerprint density at radius 2 is 2.19 bits per heavy atom. The monoisotopic (exact) mass is 225 g/mol. The van der Waals surface area contributed by atoms with Gasteiger partial charge in [0.1, 0.15) is 0 Å². The number of rotatable bonds is 6. The summed E-state index contributed by atoms with van der Waals surface area (Å²) in [7, 11) is 3.43. The van der Waals surface area contributed by atoms with Gasteiger partial charge < -0.3 is 10.1 Å². The molecule has 0 aromatic heterocycles. The fourth-order valence-electron chi connectivity index (χ4n) is 1.79. The van der Waals surface area contributed by atoms with E-state index in [0.717, 1.165) is 24.8 Å². The predicted molar refractivity (Wildman–Crippen MR) is 64.4 cm³/mol. The van der Waals surface area contributed by atoms with Crippen LogP contribution in [-0.4, -0.2) is 20.2 Å². The number of hydrogen-bond donors (Lipinski definition) is 1. The summed E-state index contributed by atoms with van der Waals surface area (Å²) in [4.78, 5) is 0. The minimum Gasteiger partial charge on any atom is -0.494 e. The van der Waals surface area contributed by atoms with Crippen LogP contribution >= 0.6 is 0 Å². The largest absolute Gasteiger partial charge is 0.494 e. The van der Waals surface area contributed by atoms with Crippen molar-refractivity contribution in [3.8, 4) is 5.75 Å². The quantitative estimate of drug-likeness (QED) is 0.803. The zero-order valence-corrected chi connectivity index (χ0v) is 10.2. The van der Waals surface area contributed by atoms with Gasteiger partial charge in [-0.1, -0.05) is 19.1 Å². The molecule has 3 heteroatoms. The standard InChI is InChI=1S/C13H20FNO/c1-4-11(15-2)9-8-10-6-5-7-12(16-3)13(10)14/h5-7,11,15H,4,8-9H2,1-3H3. The maximum atomic E-state index is 13.8. The molecule has 0 saturated heterocycles. The molecule has 0 aliphatic carbocycles. The second-order valence-electron chi connectivity index (χ2n) is 3.87. The number of halogens is 1. The van der Waals surface area contributed by atoms with E-state index < -0.39 is 0 Å². The molecule has 1 rings (SSSR count). The first-order chi connectivity index (χ1) is 7.72. The zero-order valence-electron chi connectivity index (χ0n) is 10.2. The van der Waals surface area contributed by atoms with Crippen molar-refractivity contribution in [3.05, 3.63) is 29.6 Å². The van der Waals surface area contributed by atoms with E-state index in [1.165, 1.54) is 7.11 Å². The van der Waals surface area contributed by atoms with Crippen LogP contribution in [0.3, 0.4) is 0 Å². The summed E-state index contributed by atoms with van der Waals surface area (Å²) in [6, 6.07) is 5.75. The molecule has 0 spiro atoms. The van der Waals surface area contributed by atoms with Crippen LogP contribution in [0.2, 0.25) is 0 Å². The second kappa shape index (κ2) is 6.48. The van der Waals surface area contributed by atoms with Crippen LogP contribution in [-0.2, 0) is 6.42 Å². The molecule has 2 nitrogen and oxygen atoms in total. The summed E-state index contributed by atoms with van der Waals surface area (Å²) in [6.45, 7) is 2.13. The van der Waals surface area contributed by atoms with Crippen LogP contribution in [0.5, 0.6) is 5.75 Å². The number of hydrogen-bond acceptors (Lipinski definition) is 2. The summed E-state index contributed by atoms with van der Waals surface area (Å²) in [6.07, 6.45) is 2.74. The van der Waals surface area contributed by atoms with Gasteiger partial charge in [0.25, 0.3) is 0 Å². The summed E-state index contributed by atoms with van der Waals surface area (Å²) in [5, 5.41) is 3.22. The molecule has 0 saturated carbocycles. The maximum absolute atomic E-state index is 13.8. The molecule has 0 aliphatic rings. The van der Waals surface area contributed by atoms with E-state index in [2.05, 4.69) is 12.2 Å². The summed E-state index contributed by atoms with van der Waals surface area (Å²) in [5.41, 5.74) is 0.730. The van der Waals surface area contributed by atoms with Crippen LogP contribution in [0.4, 0.5) is 4.39 Å². The highest BCUT2D eigenvalue weighted by atomic mass is 19.1. The number of nitrogens with one attached hydrogen (secondary N) is 1. The first kappa shape index (κ1) is 13.0. The van der Waals surface area contributed by atoms with Crippen LogP contribution in [0, 0.1) is 5.82 Å². The lowest BCUT2D eigenvalue weighted by Crippen LogP contribution is -2.24. The second-order valence-corrected chi connectivity index (χ2v) is 3.87. The van der Waals surface area contributed by atoms with Crippen LogP contribution in [0.15, 0.2) is 18.2 Å². The number of benzene rings is 1. The van der Waals surface area contributed by atoms with E-state index in [-0.39, 0.29) is 5.82 Å². The molecule has 16 heavy (non-hydrogen) atoms. The molecule has 1 atom stereocenters. The molecule has 1 unspecified atom stereocenters. The molecule has 0 heterocycles. The van der Waals surface area contributed by atoms with Crippen molar-refractivity contribution in [3.63, 3.8) is 0 Å². The molecule has 0 aliphatic heterocycles. The third kappa shape index (κ3) is 3.20. The van der Waals surface area contributed by atoms with Gasteiger partial charge in [0.2, 0.25) is 0 Å². The Morgan fingerprint density at radius 3 is 2.75 bits per heavy atom. The van der Waals surface area contributed by atoms with Crippen molar-refractivity contribution in [2.75, 3.05) is 14.2 Å². The van der Waals surface area contributed by atoms with Crippen molar-refractivity contribution in [1.29, 1.82) is 0 Å². The molecule has 0 radical (unpaired) electrons. The molecule has 1 aromatic rings. The Balaban J connectivity index is 2.66. The molecular weight excluding hydrogens is 205 g/mol. The predicted octanol–water partition coefficient (Wildman–Crippen LogP) is 2.76. The van der Waals surface area contributed by atoms with E-state index >= 15 is 0 Å². The summed E-state index contributed by atoms with van der Waals surface area (Å²) in [5.74, 6) is 0.103. The minimum atomic E-state index is -0.226.